The third kappa shape index (κ3) is 3.20. The number of phenols is 1. The van der Waals surface area contributed by atoms with Crippen LogP contribution in [0.1, 0.15) is 19.4 Å². The molecule has 1 rings (SSSR count). The van der Waals surface area contributed by atoms with E-state index in [1.54, 1.807) is 19.1 Å². The van der Waals surface area contributed by atoms with Gasteiger partial charge in [-0.1, -0.05) is 6.07 Å². The zero-order valence-electron chi connectivity index (χ0n) is 12.1. The summed E-state index contributed by atoms with van der Waals surface area (Å²) in [5.41, 5.74) is 1.40. The van der Waals surface area contributed by atoms with E-state index in [-0.39, 0.29) is 5.75 Å². The second kappa shape index (κ2) is 6.27. The molecule has 0 aromatic heterocycles. The average Bonchev–Trinajstić information content (AvgIpc) is 2.41. The van der Waals surface area contributed by atoms with Gasteiger partial charge in [-0.3, -0.25) is 4.90 Å². The van der Waals surface area contributed by atoms with Crippen molar-refractivity contribution in [2.24, 2.45) is 0 Å². The van der Waals surface area contributed by atoms with Gasteiger partial charge in [-0.05, 0) is 32.4 Å². The van der Waals surface area contributed by atoms with Gasteiger partial charge >= 0.3 is 12.0 Å². The number of rotatable bonds is 4. The molecule has 0 aliphatic carbocycles. The lowest BCUT2D eigenvalue weighted by Gasteiger charge is -2.30. The molecule has 0 spiro atoms. The van der Waals surface area contributed by atoms with Gasteiger partial charge < -0.3 is 15.1 Å². The van der Waals surface area contributed by atoms with Gasteiger partial charge in [-0.15, -0.1) is 0 Å². The number of likely N-dealkylation sites (N-methyl/N-ethyl adjacent to an activating group) is 1. The maximum Gasteiger partial charge on any atom is 0.326 e. The predicted molar refractivity (Wildman–Crippen MR) is 76.1 cm³/mol. The number of hydrogen-bond donors (Lipinski definition) is 2. The van der Waals surface area contributed by atoms with Crippen LogP contribution in [0.15, 0.2) is 18.2 Å². The molecule has 0 aliphatic heterocycles. The van der Waals surface area contributed by atoms with Crippen molar-refractivity contribution >= 4 is 17.7 Å². The van der Waals surface area contributed by atoms with E-state index < -0.39 is 18.0 Å². The lowest BCUT2D eigenvalue weighted by atomic mass is 10.1. The van der Waals surface area contributed by atoms with Crippen LogP contribution in [0, 0.1) is 6.92 Å². The Kier molecular flexibility index (Phi) is 4.96. The molecule has 0 saturated heterocycles. The fourth-order valence-corrected chi connectivity index (χ4v) is 1.82. The summed E-state index contributed by atoms with van der Waals surface area (Å²) >= 11 is 0. The van der Waals surface area contributed by atoms with E-state index in [2.05, 4.69) is 0 Å². The molecule has 0 radical (unpaired) electrons. The minimum absolute atomic E-state index is 0.0609. The lowest BCUT2D eigenvalue weighted by Crippen LogP contribution is -2.48. The Morgan fingerprint density at radius 3 is 2.45 bits per heavy atom. The van der Waals surface area contributed by atoms with Crippen molar-refractivity contribution in [1.29, 1.82) is 0 Å². The first-order valence-electron chi connectivity index (χ1n) is 6.36. The normalized spacial score (nSPS) is 11.8. The van der Waals surface area contributed by atoms with Crippen molar-refractivity contribution < 1.29 is 19.8 Å². The highest BCUT2D eigenvalue weighted by atomic mass is 16.4. The Morgan fingerprint density at radius 1 is 1.35 bits per heavy atom. The zero-order chi connectivity index (χ0) is 15.4. The number of carbonyl (C=O) groups is 2. The van der Waals surface area contributed by atoms with Crippen LogP contribution < -0.4 is 4.90 Å². The summed E-state index contributed by atoms with van der Waals surface area (Å²) in [6.45, 7) is 5.44. The number of aliphatic carboxylic acids is 1. The quantitative estimate of drug-likeness (QED) is 0.884. The van der Waals surface area contributed by atoms with Crippen LogP contribution in [0.4, 0.5) is 10.5 Å². The van der Waals surface area contributed by atoms with E-state index in [0.29, 0.717) is 12.2 Å². The molecule has 0 fully saturated rings. The number of nitrogens with zero attached hydrogens (tertiary/aromatic N) is 2. The van der Waals surface area contributed by atoms with Crippen molar-refractivity contribution in [3.63, 3.8) is 0 Å². The van der Waals surface area contributed by atoms with Crippen molar-refractivity contribution in [1.82, 2.24) is 4.90 Å². The standard InChI is InChI=1S/C14H20N2O4/c1-5-16(12-8-11(17)7-6-9(12)2)14(20)15(4)10(3)13(18)19/h6-8,10,17H,5H2,1-4H3,(H,18,19). The second-order valence-corrected chi connectivity index (χ2v) is 4.62. The summed E-state index contributed by atoms with van der Waals surface area (Å²) < 4.78 is 0. The monoisotopic (exact) mass is 280 g/mol. The first kappa shape index (κ1) is 15.8. The third-order valence-electron chi connectivity index (χ3n) is 3.27. The molecule has 0 heterocycles. The van der Waals surface area contributed by atoms with Crippen molar-refractivity contribution in [3.05, 3.63) is 23.8 Å². The highest BCUT2D eigenvalue weighted by molar-refractivity contribution is 5.95. The predicted octanol–water partition coefficient (Wildman–Crippen LogP) is 2.05. The zero-order valence-corrected chi connectivity index (χ0v) is 12.1. The van der Waals surface area contributed by atoms with Crippen LogP contribution >= 0.6 is 0 Å². The molecule has 6 nitrogen and oxygen atoms in total. The van der Waals surface area contributed by atoms with Gasteiger partial charge in [0, 0.05) is 19.7 Å². The highest BCUT2D eigenvalue weighted by Gasteiger charge is 2.26. The van der Waals surface area contributed by atoms with Crippen LogP contribution in [0.5, 0.6) is 5.75 Å². The van der Waals surface area contributed by atoms with E-state index in [1.807, 2.05) is 6.92 Å². The Labute approximate surface area is 118 Å². The van der Waals surface area contributed by atoms with Gasteiger partial charge in [-0.2, -0.15) is 0 Å². The molecule has 1 unspecified atom stereocenters. The summed E-state index contributed by atoms with van der Waals surface area (Å²) in [7, 11) is 1.45. The Bertz CT molecular complexity index is 516. The minimum atomic E-state index is -1.07. The van der Waals surface area contributed by atoms with E-state index in [9.17, 15) is 14.7 Å². The molecule has 0 bridgehead atoms. The first-order chi connectivity index (χ1) is 9.29. The van der Waals surface area contributed by atoms with Gasteiger partial charge in [0.15, 0.2) is 0 Å². The average molecular weight is 280 g/mol. The number of aromatic hydroxyl groups is 1. The Balaban J connectivity index is 3.10. The van der Waals surface area contributed by atoms with Gasteiger partial charge in [0.25, 0.3) is 0 Å². The molecule has 110 valence electrons. The fourth-order valence-electron chi connectivity index (χ4n) is 1.82. The number of hydrogen-bond acceptors (Lipinski definition) is 3. The number of anilines is 1. The van der Waals surface area contributed by atoms with Crippen molar-refractivity contribution in [2.45, 2.75) is 26.8 Å². The fraction of sp³-hybridized carbons (Fsp3) is 0.429. The topological polar surface area (TPSA) is 81.1 Å². The number of phenolic OH excluding ortho intramolecular Hbond substituents is 1. The number of carboxylic acid groups (broad SMARTS) is 1. The third-order valence-corrected chi connectivity index (χ3v) is 3.27. The Hall–Kier alpha value is -2.24. The molecule has 2 amide bonds. The summed E-state index contributed by atoms with van der Waals surface area (Å²) in [5, 5.41) is 18.5. The molecule has 1 atom stereocenters. The largest absolute Gasteiger partial charge is 0.508 e. The van der Waals surface area contributed by atoms with Gasteiger partial charge in [0.1, 0.15) is 11.8 Å². The molecule has 6 heteroatoms. The number of carbonyl (C=O) groups excluding carboxylic acids is 1. The number of amides is 2. The number of urea groups is 1. The maximum absolute atomic E-state index is 12.4. The number of carboxylic acids is 1. The Morgan fingerprint density at radius 2 is 1.95 bits per heavy atom. The molecule has 1 aromatic carbocycles. The maximum atomic E-state index is 12.4. The number of aryl methyl sites for hydroxylation is 1. The SMILES string of the molecule is CCN(C(=O)N(C)C(C)C(=O)O)c1cc(O)ccc1C. The molecule has 2 N–H and O–H groups in total. The smallest absolute Gasteiger partial charge is 0.326 e. The van der Waals surface area contributed by atoms with Crippen molar-refractivity contribution in [3.8, 4) is 5.75 Å². The number of benzene rings is 1. The highest BCUT2D eigenvalue weighted by Crippen LogP contribution is 2.25. The molecule has 1 aromatic rings. The van der Waals surface area contributed by atoms with Crippen LogP contribution in [-0.2, 0) is 4.79 Å². The summed E-state index contributed by atoms with van der Waals surface area (Å²) in [4.78, 5) is 26.0. The van der Waals surface area contributed by atoms with E-state index in [4.69, 9.17) is 5.11 Å². The van der Waals surface area contributed by atoms with Gasteiger partial charge in [-0.25, -0.2) is 9.59 Å². The van der Waals surface area contributed by atoms with Crippen LogP contribution in [-0.4, -0.2) is 46.7 Å². The molecule has 0 aliphatic rings. The minimum Gasteiger partial charge on any atom is -0.508 e. The van der Waals surface area contributed by atoms with E-state index >= 15 is 0 Å². The molecular formula is C14H20N2O4. The van der Waals surface area contributed by atoms with Crippen molar-refractivity contribution in [2.75, 3.05) is 18.5 Å². The van der Waals surface area contributed by atoms with Gasteiger partial charge in [0.05, 0.1) is 5.69 Å². The lowest BCUT2D eigenvalue weighted by molar-refractivity contribution is -0.141. The van der Waals surface area contributed by atoms with Crippen LogP contribution in [0.2, 0.25) is 0 Å². The summed E-state index contributed by atoms with van der Waals surface area (Å²) in [5.74, 6) is -1.00. The molecule has 20 heavy (non-hydrogen) atoms. The van der Waals surface area contributed by atoms with E-state index in [1.165, 1.54) is 24.9 Å². The van der Waals surface area contributed by atoms with Crippen LogP contribution in [0.3, 0.4) is 0 Å². The van der Waals surface area contributed by atoms with Gasteiger partial charge in [0.2, 0.25) is 0 Å². The summed E-state index contributed by atoms with van der Waals surface area (Å²) in [6.07, 6.45) is 0. The second-order valence-electron chi connectivity index (χ2n) is 4.62. The van der Waals surface area contributed by atoms with E-state index in [0.717, 1.165) is 10.5 Å². The first-order valence-corrected chi connectivity index (χ1v) is 6.36. The van der Waals surface area contributed by atoms with Crippen LogP contribution in [0.25, 0.3) is 0 Å². The molecule has 0 saturated carbocycles. The summed E-state index contributed by atoms with van der Waals surface area (Å²) in [6, 6.07) is 3.41. The molecular weight excluding hydrogens is 260 g/mol.